The van der Waals surface area contributed by atoms with E-state index < -0.39 is 16.0 Å². The first kappa shape index (κ1) is 16.6. The highest BCUT2D eigenvalue weighted by molar-refractivity contribution is 7.92. The Morgan fingerprint density at radius 3 is 2.39 bits per heavy atom. The summed E-state index contributed by atoms with van der Waals surface area (Å²) in [6.45, 7) is 0. The maximum absolute atomic E-state index is 12.3. The highest BCUT2D eigenvalue weighted by Crippen LogP contribution is 2.29. The van der Waals surface area contributed by atoms with Crippen molar-refractivity contribution in [3.05, 3.63) is 48.0 Å². The van der Waals surface area contributed by atoms with Crippen molar-refractivity contribution in [3.8, 4) is 11.5 Å². The van der Waals surface area contributed by atoms with E-state index >= 15 is 0 Å². The van der Waals surface area contributed by atoms with Crippen molar-refractivity contribution < 1.29 is 28.2 Å². The average Bonchev–Trinajstić information content (AvgIpc) is 2.49. The largest absolute Gasteiger partial charge is 0.506 e. The second-order valence-corrected chi connectivity index (χ2v) is 6.39. The van der Waals surface area contributed by atoms with Gasteiger partial charge in [0, 0.05) is 6.07 Å². The van der Waals surface area contributed by atoms with Gasteiger partial charge in [0.1, 0.15) is 11.5 Å². The number of ether oxygens (including phenoxy) is 1. The van der Waals surface area contributed by atoms with Gasteiger partial charge < -0.3 is 14.9 Å². The van der Waals surface area contributed by atoms with Gasteiger partial charge in [0.25, 0.3) is 10.0 Å². The molecule has 0 fully saturated rings. The Morgan fingerprint density at radius 2 is 1.83 bits per heavy atom. The number of aromatic hydroxyl groups is 1. The molecule has 0 aliphatic rings. The molecular weight excluding hydrogens is 322 g/mol. The zero-order valence-electron chi connectivity index (χ0n) is 12.2. The minimum absolute atomic E-state index is 0.0148. The second-order valence-electron chi connectivity index (χ2n) is 4.70. The quantitative estimate of drug-likeness (QED) is 0.693. The molecule has 7 nitrogen and oxygen atoms in total. The monoisotopic (exact) mass is 337 g/mol. The summed E-state index contributed by atoms with van der Waals surface area (Å²) in [7, 11) is -2.50. The molecule has 3 N–H and O–H groups in total. The number of carboxylic acids is 1. The van der Waals surface area contributed by atoms with Gasteiger partial charge >= 0.3 is 5.97 Å². The molecule has 0 amide bonds. The molecule has 0 atom stereocenters. The van der Waals surface area contributed by atoms with E-state index in [1.807, 2.05) is 0 Å². The minimum Gasteiger partial charge on any atom is -0.506 e. The number of carbonyl (C=O) groups is 1. The van der Waals surface area contributed by atoms with Crippen molar-refractivity contribution in [2.45, 2.75) is 11.3 Å². The Morgan fingerprint density at radius 1 is 1.17 bits per heavy atom. The molecule has 2 aromatic carbocycles. The van der Waals surface area contributed by atoms with E-state index in [0.717, 1.165) is 0 Å². The summed E-state index contributed by atoms with van der Waals surface area (Å²) in [6.07, 6.45) is -0.190. The van der Waals surface area contributed by atoms with Crippen LogP contribution in [0.3, 0.4) is 0 Å². The van der Waals surface area contributed by atoms with Crippen LogP contribution < -0.4 is 9.46 Å². The second kappa shape index (κ2) is 6.57. The molecular formula is C15H15NO6S. The van der Waals surface area contributed by atoms with Crippen molar-refractivity contribution in [2.75, 3.05) is 11.8 Å². The topological polar surface area (TPSA) is 113 Å². The molecule has 0 unspecified atom stereocenters. The van der Waals surface area contributed by atoms with E-state index in [1.54, 1.807) is 0 Å². The van der Waals surface area contributed by atoms with Crippen LogP contribution in [0.2, 0.25) is 0 Å². The number of methoxy groups -OCH3 is 1. The van der Waals surface area contributed by atoms with Crippen molar-refractivity contribution in [1.82, 2.24) is 0 Å². The molecule has 0 heterocycles. The van der Waals surface area contributed by atoms with E-state index in [0.29, 0.717) is 11.3 Å². The number of sulfonamides is 1. The number of phenols is 1. The zero-order valence-corrected chi connectivity index (χ0v) is 13.0. The first-order chi connectivity index (χ1) is 10.8. The van der Waals surface area contributed by atoms with Gasteiger partial charge in [0.15, 0.2) is 0 Å². The molecule has 0 saturated heterocycles. The molecule has 8 heteroatoms. The van der Waals surface area contributed by atoms with E-state index in [9.17, 15) is 18.3 Å². The Labute approximate surface area is 133 Å². The van der Waals surface area contributed by atoms with Gasteiger partial charge in [-0.2, -0.15) is 0 Å². The van der Waals surface area contributed by atoms with Crippen LogP contribution in [0.1, 0.15) is 5.56 Å². The number of anilines is 1. The van der Waals surface area contributed by atoms with Crippen LogP contribution in [0, 0.1) is 0 Å². The molecule has 0 bridgehead atoms. The normalized spacial score (nSPS) is 11.0. The molecule has 0 aliphatic carbocycles. The highest BCUT2D eigenvalue weighted by Gasteiger charge is 2.17. The van der Waals surface area contributed by atoms with E-state index in [2.05, 4.69) is 4.72 Å². The lowest BCUT2D eigenvalue weighted by Gasteiger charge is -2.11. The molecule has 23 heavy (non-hydrogen) atoms. The summed E-state index contributed by atoms with van der Waals surface area (Å²) >= 11 is 0. The molecule has 0 radical (unpaired) electrons. The summed E-state index contributed by atoms with van der Waals surface area (Å²) in [4.78, 5) is 10.6. The molecule has 0 saturated carbocycles. The Hall–Kier alpha value is -2.74. The fourth-order valence-corrected chi connectivity index (χ4v) is 2.95. The number of rotatable bonds is 6. The van der Waals surface area contributed by atoms with Crippen molar-refractivity contribution in [3.63, 3.8) is 0 Å². The Kier molecular flexibility index (Phi) is 4.75. The van der Waals surface area contributed by atoms with Crippen LogP contribution in [0.25, 0.3) is 0 Å². The van der Waals surface area contributed by atoms with Crippen LogP contribution >= 0.6 is 0 Å². The first-order valence-corrected chi connectivity index (χ1v) is 8.00. The van der Waals surface area contributed by atoms with Crippen LogP contribution in [0.15, 0.2) is 47.4 Å². The smallest absolute Gasteiger partial charge is 0.307 e. The van der Waals surface area contributed by atoms with Gasteiger partial charge in [0.05, 0.1) is 24.1 Å². The summed E-state index contributed by atoms with van der Waals surface area (Å²) in [5, 5.41) is 18.4. The summed E-state index contributed by atoms with van der Waals surface area (Å²) in [5.74, 6) is -0.853. The Bertz CT molecular complexity index is 814. The van der Waals surface area contributed by atoms with E-state index in [1.165, 1.54) is 49.6 Å². The standard InChI is InChI=1S/C15H15NO6S/c1-22-11-4-7-14(17)13(9-11)16-23(20,21)12-5-2-10(3-6-12)8-15(18)19/h2-7,9,16-17H,8H2,1H3,(H,18,19). The van der Waals surface area contributed by atoms with Gasteiger partial charge in [-0.1, -0.05) is 12.1 Å². The SMILES string of the molecule is COc1ccc(O)c(NS(=O)(=O)c2ccc(CC(=O)O)cc2)c1. The van der Waals surface area contributed by atoms with Crippen LogP contribution in [0.5, 0.6) is 11.5 Å². The third-order valence-corrected chi connectivity index (χ3v) is 4.42. The van der Waals surface area contributed by atoms with Crippen molar-refractivity contribution in [2.24, 2.45) is 0 Å². The van der Waals surface area contributed by atoms with Crippen molar-refractivity contribution in [1.29, 1.82) is 0 Å². The summed E-state index contributed by atoms with van der Waals surface area (Å²) in [6, 6.07) is 9.62. The fourth-order valence-electron chi connectivity index (χ4n) is 1.89. The molecule has 122 valence electrons. The third kappa shape index (κ3) is 4.13. The lowest BCUT2D eigenvalue weighted by atomic mass is 10.2. The number of hydrogen-bond donors (Lipinski definition) is 3. The summed E-state index contributed by atoms with van der Waals surface area (Å²) < 4.78 is 31.9. The van der Waals surface area contributed by atoms with Gasteiger partial charge in [-0.25, -0.2) is 8.42 Å². The molecule has 0 aliphatic heterocycles. The van der Waals surface area contributed by atoms with Gasteiger partial charge in [-0.3, -0.25) is 9.52 Å². The number of aliphatic carboxylic acids is 1. The fraction of sp³-hybridized carbons (Fsp3) is 0.133. The average molecular weight is 337 g/mol. The van der Waals surface area contributed by atoms with Crippen LogP contribution in [-0.2, 0) is 21.2 Å². The minimum atomic E-state index is -3.92. The predicted molar refractivity (Wildman–Crippen MR) is 83.2 cm³/mol. The number of nitrogens with one attached hydrogen (secondary N) is 1. The maximum Gasteiger partial charge on any atom is 0.307 e. The lowest BCUT2D eigenvalue weighted by Crippen LogP contribution is -2.13. The van der Waals surface area contributed by atoms with Gasteiger partial charge in [-0.05, 0) is 29.8 Å². The molecule has 0 aromatic heterocycles. The van der Waals surface area contributed by atoms with Crippen LogP contribution in [0.4, 0.5) is 5.69 Å². The lowest BCUT2D eigenvalue weighted by molar-refractivity contribution is -0.136. The van der Waals surface area contributed by atoms with E-state index in [4.69, 9.17) is 9.84 Å². The molecule has 2 rings (SSSR count). The third-order valence-electron chi connectivity index (χ3n) is 3.04. The maximum atomic E-state index is 12.3. The molecule has 0 spiro atoms. The molecule has 2 aromatic rings. The number of hydrogen-bond acceptors (Lipinski definition) is 5. The summed E-state index contributed by atoms with van der Waals surface area (Å²) in [5.41, 5.74) is 0.472. The highest BCUT2D eigenvalue weighted by atomic mass is 32.2. The van der Waals surface area contributed by atoms with Gasteiger partial charge in [0.2, 0.25) is 0 Å². The Balaban J connectivity index is 2.26. The number of phenolic OH excluding ortho intramolecular Hbond substituents is 1. The first-order valence-electron chi connectivity index (χ1n) is 6.52. The van der Waals surface area contributed by atoms with Gasteiger partial charge in [-0.15, -0.1) is 0 Å². The van der Waals surface area contributed by atoms with Crippen LogP contribution in [-0.4, -0.2) is 31.7 Å². The van der Waals surface area contributed by atoms with Crippen molar-refractivity contribution >= 4 is 21.7 Å². The van der Waals surface area contributed by atoms with E-state index in [-0.39, 0.29) is 22.8 Å². The number of benzene rings is 2. The predicted octanol–water partition coefficient (Wildman–Crippen LogP) is 1.83. The number of carboxylic acid groups (broad SMARTS) is 1. The zero-order chi connectivity index (χ0) is 17.0.